The first kappa shape index (κ1) is 20.0. The molecule has 160 valence electrons. The van der Waals surface area contributed by atoms with E-state index in [9.17, 15) is 32.7 Å². The molecule has 1 aromatic carbocycles. The van der Waals surface area contributed by atoms with Crippen LogP contribution in [0.1, 0.15) is 23.0 Å². The number of H-pyrrole nitrogens is 1. The van der Waals surface area contributed by atoms with Gasteiger partial charge in [-0.1, -0.05) is 0 Å². The third-order valence-electron chi connectivity index (χ3n) is 4.59. The molecule has 0 amide bonds. The number of fused-ring (bicyclic) bond motifs is 1. The van der Waals surface area contributed by atoms with E-state index >= 15 is 0 Å². The van der Waals surface area contributed by atoms with Gasteiger partial charge in [-0.05, 0) is 0 Å². The van der Waals surface area contributed by atoms with Crippen molar-refractivity contribution in [2.75, 3.05) is 13.4 Å². The standard InChI is InChI=1S/C17H13F3N2O8/c18-11-10-14(28-5-29-16(10)25)13(20)15(12(11)19)27-4-7-6(23)3-9(30-7)22-2-1-8(24)21-17(22)26/h1-2,6-7,9,23H,3-5H2,(H,21,24,26)/t6?,7-,9-/m1/s1. The van der Waals surface area contributed by atoms with Crippen LogP contribution in [-0.2, 0) is 9.47 Å². The summed E-state index contributed by atoms with van der Waals surface area (Å²) in [5, 5.41) is 10.1. The van der Waals surface area contributed by atoms with Crippen LogP contribution in [0.3, 0.4) is 0 Å². The Bertz CT molecular complexity index is 1130. The number of benzene rings is 1. The number of ether oxygens (including phenoxy) is 4. The quantitative estimate of drug-likeness (QED) is 0.520. The van der Waals surface area contributed by atoms with E-state index in [4.69, 9.17) is 14.2 Å². The molecule has 3 heterocycles. The summed E-state index contributed by atoms with van der Waals surface area (Å²) in [7, 11) is 0. The Balaban J connectivity index is 1.54. The number of hydrogen-bond acceptors (Lipinski definition) is 8. The summed E-state index contributed by atoms with van der Waals surface area (Å²) >= 11 is 0. The molecule has 0 radical (unpaired) electrons. The maximum absolute atomic E-state index is 14.5. The summed E-state index contributed by atoms with van der Waals surface area (Å²) in [6.07, 6.45) is -2.24. The summed E-state index contributed by atoms with van der Waals surface area (Å²) in [6, 6.07) is 1.08. The Morgan fingerprint density at radius 3 is 2.67 bits per heavy atom. The molecule has 1 fully saturated rings. The molecule has 0 saturated carbocycles. The highest BCUT2D eigenvalue weighted by atomic mass is 19.2. The van der Waals surface area contributed by atoms with Crippen LogP contribution in [-0.4, -0.2) is 46.2 Å². The van der Waals surface area contributed by atoms with Gasteiger partial charge in [0, 0.05) is 18.7 Å². The second-order valence-corrected chi connectivity index (χ2v) is 6.43. The van der Waals surface area contributed by atoms with E-state index in [-0.39, 0.29) is 6.42 Å². The van der Waals surface area contributed by atoms with Crippen LogP contribution in [0.4, 0.5) is 13.2 Å². The van der Waals surface area contributed by atoms with Gasteiger partial charge in [0.2, 0.25) is 18.4 Å². The van der Waals surface area contributed by atoms with Gasteiger partial charge >= 0.3 is 11.7 Å². The lowest BCUT2D eigenvalue weighted by molar-refractivity contribution is -0.0423. The number of aromatic amines is 1. The second-order valence-electron chi connectivity index (χ2n) is 6.43. The van der Waals surface area contributed by atoms with Crippen LogP contribution >= 0.6 is 0 Å². The van der Waals surface area contributed by atoms with Crippen molar-refractivity contribution in [3.8, 4) is 11.5 Å². The first-order valence-electron chi connectivity index (χ1n) is 8.56. The van der Waals surface area contributed by atoms with E-state index in [1.807, 2.05) is 4.98 Å². The third-order valence-corrected chi connectivity index (χ3v) is 4.59. The van der Waals surface area contributed by atoms with Gasteiger partial charge in [-0.3, -0.25) is 14.3 Å². The predicted molar refractivity (Wildman–Crippen MR) is 88.6 cm³/mol. The first-order chi connectivity index (χ1) is 14.3. The molecular formula is C17H13F3N2O8. The van der Waals surface area contributed by atoms with E-state index in [2.05, 4.69) is 4.74 Å². The number of carbonyl (C=O) groups excluding carboxylic acids is 1. The van der Waals surface area contributed by atoms with Crippen molar-refractivity contribution in [3.05, 3.63) is 56.1 Å². The lowest BCUT2D eigenvalue weighted by atomic mass is 10.1. The van der Waals surface area contributed by atoms with Crippen molar-refractivity contribution in [3.63, 3.8) is 0 Å². The molecule has 2 aromatic rings. The fourth-order valence-electron chi connectivity index (χ4n) is 3.13. The fraction of sp³-hybridized carbons (Fsp3) is 0.353. The number of hydrogen-bond donors (Lipinski definition) is 2. The maximum atomic E-state index is 14.5. The summed E-state index contributed by atoms with van der Waals surface area (Å²) in [5.41, 5.74) is -2.43. The Labute approximate surface area is 164 Å². The minimum atomic E-state index is -1.78. The molecule has 2 N–H and O–H groups in total. The highest BCUT2D eigenvalue weighted by molar-refractivity contribution is 5.94. The molecule has 30 heavy (non-hydrogen) atoms. The monoisotopic (exact) mass is 430 g/mol. The minimum Gasteiger partial charge on any atom is -0.485 e. The summed E-state index contributed by atoms with van der Waals surface area (Å²) in [4.78, 5) is 36.5. The van der Waals surface area contributed by atoms with Crippen molar-refractivity contribution in [2.45, 2.75) is 24.9 Å². The van der Waals surface area contributed by atoms with Crippen molar-refractivity contribution >= 4 is 5.97 Å². The third kappa shape index (κ3) is 3.31. The van der Waals surface area contributed by atoms with Crippen LogP contribution in [0, 0.1) is 17.5 Å². The van der Waals surface area contributed by atoms with E-state index in [0.29, 0.717) is 0 Å². The van der Waals surface area contributed by atoms with Crippen molar-refractivity contribution in [2.24, 2.45) is 0 Å². The average Bonchev–Trinajstić information content (AvgIpc) is 3.06. The Morgan fingerprint density at radius 2 is 1.93 bits per heavy atom. The zero-order valence-corrected chi connectivity index (χ0v) is 14.9. The van der Waals surface area contributed by atoms with E-state index in [1.165, 1.54) is 0 Å². The molecule has 4 rings (SSSR count). The van der Waals surface area contributed by atoms with Gasteiger partial charge in [-0.25, -0.2) is 14.0 Å². The molecule has 3 atom stereocenters. The average molecular weight is 430 g/mol. The number of carbonyl (C=O) groups is 1. The second kappa shape index (κ2) is 7.50. The zero-order valence-electron chi connectivity index (χ0n) is 14.9. The molecule has 0 spiro atoms. The fourth-order valence-corrected chi connectivity index (χ4v) is 3.13. The van der Waals surface area contributed by atoms with Gasteiger partial charge in [-0.15, -0.1) is 0 Å². The van der Waals surface area contributed by atoms with Crippen LogP contribution < -0.4 is 20.7 Å². The van der Waals surface area contributed by atoms with Gasteiger partial charge in [0.1, 0.15) is 24.5 Å². The molecule has 2 aliphatic heterocycles. The molecule has 13 heteroatoms. The Kier molecular flexibility index (Phi) is 4.99. The molecule has 10 nitrogen and oxygen atoms in total. The predicted octanol–water partition coefficient (Wildman–Crippen LogP) is 0.188. The Morgan fingerprint density at radius 1 is 1.17 bits per heavy atom. The van der Waals surface area contributed by atoms with Crippen LogP contribution in [0.5, 0.6) is 11.5 Å². The smallest absolute Gasteiger partial charge is 0.348 e. The lowest BCUT2D eigenvalue weighted by Crippen LogP contribution is -2.32. The van der Waals surface area contributed by atoms with Crippen LogP contribution in [0.2, 0.25) is 0 Å². The van der Waals surface area contributed by atoms with Crippen LogP contribution in [0.15, 0.2) is 21.9 Å². The molecule has 1 unspecified atom stereocenters. The number of esters is 1. The number of aliphatic hydroxyl groups is 1. The topological polar surface area (TPSA) is 129 Å². The maximum Gasteiger partial charge on any atom is 0.348 e. The van der Waals surface area contributed by atoms with Crippen molar-refractivity contribution < 1.29 is 42.0 Å². The van der Waals surface area contributed by atoms with E-state index in [1.54, 1.807) is 0 Å². The van der Waals surface area contributed by atoms with E-state index in [0.717, 1.165) is 16.8 Å². The molecule has 1 saturated heterocycles. The van der Waals surface area contributed by atoms with E-state index < -0.39 is 83.6 Å². The summed E-state index contributed by atoms with van der Waals surface area (Å²) in [5.74, 6) is -8.26. The molecular weight excluding hydrogens is 417 g/mol. The molecule has 0 bridgehead atoms. The van der Waals surface area contributed by atoms with Gasteiger partial charge in [-0.2, -0.15) is 8.78 Å². The molecule has 1 aromatic heterocycles. The van der Waals surface area contributed by atoms with Gasteiger partial charge < -0.3 is 24.1 Å². The SMILES string of the molecule is O=C1OCOc2c(F)c(OC[C@H]3O[C@@H](n4ccc(=O)[nH]c4=O)CC3O)c(F)c(F)c21. The highest BCUT2D eigenvalue weighted by Crippen LogP contribution is 2.38. The van der Waals surface area contributed by atoms with Crippen LogP contribution in [0.25, 0.3) is 0 Å². The normalized spacial score (nSPS) is 22.9. The molecule has 0 aliphatic carbocycles. The number of nitrogens with one attached hydrogen (secondary N) is 1. The minimum absolute atomic E-state index is 0.0849. The van der Waals surface area contributed by atoms with Gasteiger partial charge in [0.15, 0.2) is 17.3 Å². The number of halogens is 3. The zero-order chi connectivity index (χ0) is 21.6. The van der Waals surface area contributed by atoms with Crippen molar-refractivity contribution in [1.29, 1.82) is 0 Å². The van der Waals surface area contributed by atoms with Gasteiger partial charge in [0.05, 0.1) is 6.10 Å². The number of nitrogens with zero attached hydrogens (tertiary/aromatic N) is 1. The van der Waals surface area contributed by atoms with Gasteiger partial charge in [0.25, 0.3) is 5.56 Å². The molecule has 2 aliphatic rings. The highest BCUT2D eigenvalue weighted by Gasteiger charge is 2.38. The number of rotatable bonds is 4. The Hall–Kier alpha value is -3.32. The summed E-state index contributed by atoms with van der Waals surface area (Å²) < 4.78 is 63.5. The first-order valence-corrected chi connectivity index (χ1v) is 8.56. The number of cyclic esters (lactones) is 1. The number of aliphatic hydroxyl groups excluding tert-OH is 1. The lowest BCUT2D eigenvalue weighted by Gasteiger charge is -2.21. The largest absolute Gasteiger partial charge is 0.485 e. The van der Waals surface area contributed by atoms with Crippen molar-refractivity contribution in [1.82, 2.24) is 9.55 Å². The number of aromatic nitrogens is 2. The summed E-state index contributed by atoms with van der Waals surface area (Å²) in [6.45, 7) is -1.31.